The third-order valence-electron chi connectivity index (χ3n) is 17.5. The lowest BCUT2D eigenvalue weighted by molar-refractivity contribution is 0.628. The topological polar surface area (TPSA) is 221 Å². The van der Waals surface area contributed by atoms with Gasteiger partial charge in [-0.3, -0.25) is 0 Å². The van der Waals surface area contributed by atoms with Crippen LogP contribution in [0.25, 0.3) is 119 Å². The second-order valence-electron chi connectivity index (χ2n) is 29.2. The largest absolute Gasteiger partial charge is 0.238 e. The third-order valence-corrected chi connectivity index (χ3v) is 17.5. The Balaban J connectivity index is 0.000000153. The minimum Gasteiger partial charge on any atom is -0.238 e. The van der Waals surface area contributed by atoms with E-state index in [1.807, 2.05) is 137 Å². The summed E-state index contributed by atoms with van der Waals surface area (Å²) in [5, 5.41) is 9.11. The van der Waals surface area contributed by atoms with Gasteiger partial charge >= 0.3 is 0 Å². The minimum absolute atomic E-state index is 0.140. The van der Waals surface area contributed by atoms with E-state index in [1.54, 1.807) is 44.2 Å². The number of nitrogens with zero attached hydrogens (tertiary/aromatic N) is 17. The molecule has 5 heterocycles. The maximum atomic E-state index is 13.5. The van der Waals surface area contributed by atoms with E-state index in [-0.39, 0.29) is 93.7 Å². The van der Waals surface area contributed by atoms with E-state index in [2.05, 4.69) is 185 Å². The summed E-state index contributed by atoms with van der Waals surface area (Å²) < 4.78 is 86.2. The van der Waals surface area contributed by atoms with Gasteiger partial charge in [-0.05, 0) is 90.1 Å². The zero-order valence-corrected chi connectivity index (χ0v) is 67.8. The van der Waals surface area contributed by atoms with Gasteiger partial charge in [0.1, 0.15) is 34.9 Å². The summed E-state index contributed by atoms with van der Waals surface area (Å²) in [7, 11) is 0. The van der Waals surface area contributed by atoms with Gasteiger partial charge in [-0.25, -0.2) is 84.0 Å². The number of aromatic nitrogens is 15. The van der Waals surface area contributed by atoms with Gasteiger partial charge in [0.2, 0.25) is 0 Å². The van der Waals surface area contributed by atoms with Gasteiger partial charge in [0.25, 0.3) is 0 Å². The molecule has 0 fully saturated rings. The van der Waals surface area contributed by atoms with E-state index >= 15 is 0 Å². The summed E-state index contributed by atoms with van der Waals surface area (Å²) in [6, 6.07) is 60.3. The molecule has 0 saturated heterocycles. The van der Waals surface area contributed by atoms with Gasteiger partial charge in [-0.15, -0.1) is 0 Å². The minimum atomic E-state index is -0.546. The predicted molar refractivity (Wildman–Crippen MR) is 463 cm³/mol. The van der Waals surface area contributed by atoms with Gasteiger partial charge in [0, 0.05) is 85.2 Å². The first-order valence-corrected chi connectivity index (χ1v) is 38.1. The number of nitriles is 1. The molecule has 0 spiro atoms. The molecule has 0 unspecified atom stereocenters. The first-order valence-electron chi connectivity index (χ1n) is 42.6. The molecular weight excluding hydrogens is 1430 g/mol. The first kappa shape index (κ1) is 71.2. The van der Waals surface area contributed by atoms with Crippen LogP contribution in [-0.4, -0.2) is 74.8 Å². The summed E-state index contributed by atoms with van der Waals surface area (Å²) in [6.45, 7) is 38.9. The lowest BCUT2D eigenvalue weighted by Gasteiger charge is -2.10. The Labute approximate surface area is 693 Å². The molecule has 0 amide bonds. The molecule has 5 aromatic heterocycles. The Kier molecular flexibility index (Phi) is 24.0. The van der Waals surface area contributed by atoms with Crippen molar-refractivity contribution in [2.75, 3.05) is 0 Å². The number of benzene rings is 10. The second kappa shape index (κ2) is 39.1. The maximum absolute atomic E-state index is 13.5. The Morgan fingerprint density at radius 1 is 0.284 bits per heavy atom. The van der Waals surface area contributed by atoms with E-state index in [9.17, 15) is 4.39 Å². The zero-order valence-electron chi connectivity index (χ0n) is 76.8. The Bertz CT molecular complexity index is 6140. The average Bonchev–Trinajstić information content (AvgIpc) is 0.756. The number of hydrogen-bond donors (Lipinski definition) is 0. The number of halogens is 1. The van der Waals surface area contributed by atoms with Crippen LogP contribution < -0.4 is 0 Å². The molecule has 0 atom stereocenters. The SMILES string of the molecule is Cc1cccc(-c2nc(-c3cccc(C#N)c3)nc(C(C)C)n2)c1.Cc1cccc(-c2nc(-c3cccc(C)c3)nc(C(C)C)n2)c1.Cc1cccc(-c2nc(-c3cccc(F)c3)nc(C(C)C)n2)c1.[2H]c1c([2H])c([2H])c(-c2nc(-c3c([2H])c([2H])c(C)c([2H])c3[2H])nc(C(C)C)n2)c([2H])c1[2H].[C-]#[N+]c1ccc(-c2nc(-c3ccc(C)cc3)nc(C(C)C)n2)cc1. The Hall–Kier alpha value is -13.8. The summed E-state index contributed by atoms with van der Waals surface area (Å²) in [5.74, 6) is 8.37. The van der Waals surface area contributed by atoms with Crippen LogP contribution in [0.2, 0.25) is 0 Å². The average molecular weight is 1540 g/mol. The molecular formula is C98H94FN17. The van der Waals surface area contributed by atoms with Crippen molar-refractivity contribution >= 4 is 5.69 Å². The van der Waals surface area contributed by atoms with E-state index in [4.69, 9.17) is 29.2 Å². The smallest absolute Gasteiger partial charge is 0.187 e. The van der Waals surface area contributed by atoms with Crippen LogP contribution in [-0.2, 0) is 0 Å². The fourth-order valence-electron chi connectivity index (χ4n) is 11.2. The molecule has 116 heavy (non-hydrogen) atoms. The highest BCUT2D eigenvalue weighted by Crippen LogP contribution is 2.31. The highest BCUT2D eigenvalue weighted by Gasteiger charge is 2.20. The van der Waals surface area contributed by atoms with Crippen LogP contribution in [0.5, 0.6) is 0 Å². The summed E-state index contributed by atoms with van der Waals surface area (Å²) in [4.78, 5) is 71.6. The van der Waals surface area contributed by atoms with Crippen molar-refractivity contribution in [2.45, 2.75) is 140 Å². The van der Waals surface area contributed by atoms with Crippen LogP contribution >= 0.6 is 0 Å². The van der Waals surface area contributed by atoms with Crippen molar-refractivity contribution in [3.05, 3.63) is 334 Å². The van der Waals surface area contributed by atoms with Crippen LogP contribution in [0, 0.1) is 65.3 Å². The molecule has 0 aliphatic heterocycles. The van der Waals surface area contributed by atoms with Gasteiger partial charge in [-0.2, -0.15) is 5.26 Å². The number of rotatable bonds is 15. The van der Waals surface area contributed by atoms with Crippen molar-refractivity contribution < 1.29 is 16.7 Å². The Morgan fingerprint density at radius 3 is 0.862 bits per heavy atom. The normalized spacial score (nSPS) is 11.9. The molecule has 0 aliphatic rings. The van der Waals surface area contributed by atoms with E-state index in [0.717, 1.165) is 79.2 Å². The van der Waals surface area contributed by atoms with Crippen LogP contribution in [0.3, 0.4) is 0 Å². The number of hydrogen-bond acceptors (Lipinski definition) is 16. The molecule has 0 bridgehead atoms. The summed E-state index contributed by atoms with van der Waals surface area (Å²) >= 11 is 0. The van der Waals surface area contributed by atoms with E-state index in [0.29, 0.717) is 57.6 Å². The monoisotopic (exact) mass is 1540 g/mol. The molecule has 17 nitrogen and oxygen atoms in total. The first-order chi connectivity index (χ1) is 59.6. The maximum Gasteiger partial charge on any atom is 0.187 e. The standard InChI is InChI=1S/2C20H18N4.C20H21N3.C19H18FN3.C19H19N3/c1-13(2)18-22-19(15-7-5-14(3)6-8-15)24-20(23-18)16-9-11-17(21-4)12-10-16;1-13(2)18-22-19(16-8-4-6-14(3)10-16)24-20(23-18)17-9-5-7-15(11-17)12-21;1-13(2)18-21-19(16-9-5-7-14(3)11-16)23-20(22-18)17-10-6-8-15(4)12-17;1-12(2)17-21-18(14-7-4-6-13(3)10-14)23-19(22-17)15-8-5-9-16(20)11-15;1-13(2)17-20-18(15-7-5-4-6-8-15)22-19(21-17)16-11-9-14(3)10-12-16/h5-13H,1-3H3;4-11,13H,1-3H3;5-13H,1-4H3;4-12H,1-3H3;4-13H,1-3H3/i;;;;4D,5D,6D,7D,8D,9D,10D,11D,12D. The molecule has 0 N–H and O–H groups in total. The lowest BCUT2D eigenvalue weighted by Crippen LogP contribution is -2.04. The van der Waals surface area contributed by atoms with Gasteiger partial charge < -0.3 is 0 Å². The van der Waals surface area contributed by atoms with E-state index in [1.165, 1.54) is 35.7 Å². The van der Waals surface area contributed by atoms with Crippen LogP contribution in [0.15, 0.2) is 249 Å². The molecule has 0 radical (unpaired) electrons. The molecule has 0 aliphatic carbocycles. The fraction of sp³-hybridized carbons (Fsp3) is 0.214. The van der Waals surface area contributed by atoms with Crippen molar-refractivity contribution in [3.8, 4) is 120 Å². The summed E-state index contributed by atoms with van der Waals surface area (Å²) in [5.41, 5.74) is 14.2. The number of aryl methyl sites for hydroxylation is 5. The Morgan fingerprint density at radius 2 is 0.560 bits per heavy atom. The lowest BCUT2D eigenvalue weighted by atomic mass is 10.1. The van der Waals surface area contributed by atoms with Crippen molar-refractivity contribution in [3.63, 3.8) is 0 Å². The molecule has 578 valence electrons. The third kappa shape index (κ3) is 22.7. The van der Waals surface area contributed by atoms with E-state index < -0.39 is 30.2 Å². The quantitative estimate of drug-likeness (QED) is 0.0871. The highest BCUT2D eigenvalue weighted by atomic mass is 19.1. The second-order valence-corrected chi connectivity index (χ2v) is 29.2. The summed E-state index contributed by atoms with van der Waals surface area (Å²) in [6.07, 6.45) is 0. The molecule has 0 saturated carbocycles. The molecule has 10 aromatic carbocycles. The van der Waals surface area contributed by atoms with Crippen molar-refractivity contribution in [1.82, 2.24) is 74.8 Å². The zero-order chi connectivity index (χ0) is 90.4. The molecule has 15 rings (SSSR count). The predicted octanol–water partition coefficient (Wildman–Crippen LogP) is 24.1. The van der Waals surface area contributed by atoms with Crippen LogP contribution in [0.1, 0.15) is 179 Å². The van der Waals surface area contributed by atoms with Crippen molar-refractivity contribution in [2.24, 2.45) is 0 Å². The fourth-order valence-corrected chi connectivity index (χ4v) is 11.2. The molecule has 15 aromatic rings. The van der Waals surface area contributed by atoms with Gasteiger partial charge in [0.15, 0.2) is 63.9 Å². The highest BCUT2D eigenvalue weighted by molar-refractivity contribution is 5.68. The van der Waals surface area contributed by atoms with Crippen LogP contribution in [0.4, 0.5) is 10.1 Å². The van der Waals surface area contributed by atoms with Crippen molar-refractivity contribution in [1.29, 1.82) is 5.26 Å². The molecule has 18 heteroatoms. The van der Waals surface area contributed by atoms with Gasteiger partial charge in [0.05, 0.1) is 30.5 Å². The van der Waals surface area contributed by atoms with Gasteiger partial charge in [-0.1, -0.05) is 303 Å².